The zero-order valence-corrected chi connectivity index (χ0v) is 32.8. The number of amides is 3. The van der Waals surface area contributed by atoms with E-state index in [0.29, 0.717) is 24.2 Å². The van der Waals surface area contributed by atoms with Crippen LogP contribution >= 0.6 is 0 Å². The largest absolute Gasteiger partial charge is 0.490 e. The topological polar surface area (TPSA) is 141 Å². The molecular formula is C39H57FN2O10. The Balaban J connectivity index is 3.12. The molecule has 0 aromatic heterocycles. The van der Waals surface area contributed by atoms with Crippen LogP contribution in [-0.4, -0.2) is 76.9 Å². The van der Waals surface area contributed by atoms with Gasteiger partial charge in [0.2, 0.25) is 0 Å². The fraction of sp³-hybridized carbons (Fsp3) is 0.590. The molecular weight excluding hydrogens is 675 g/mol. The third-order valence-electron chi connectivity index (χ3n) is 7.16. The van der Waals surface area contributed by atoms with Crippen LogP contribution in [0.15, 0.2) is 30.3 Å². The highest BCUT2D eigenvalue weighted by Crippen LogP contribution is 2.43. The van der Waals surface area contributed by atoms with Gasteiger partial charge < -0.3 is 33.7 Å². The van der Waals surface area contributed by atoms with E-state index in [2.05, 4.69) is 0 Å². The Morgan fingerprint density at radius 3 is 1.79 bits per heavy atom. The van der Waals surface area contributed by atoms with E-state index in [1.165, 1.54) is 24.0 Å². The number of ether oxygens (including phenoxy) is 5. The first kappa shape index (κ1) is 43.8. The van der Waals surface area contributed by atoms with E-state index in [1.807, 2.05) is 13.8 Å². The Morgan fingerprint density at radius 2 is 1.33 bits per heavy atom. The van der Waals surface area contributed by atoms with Crippen molar-refractivity contribution in [3.63, 3.8) is 0 Å². The molecule has 0 saturated heterocycles. The number of carbonyl (C=O) groups is 4. The van der Waals surface area contributed by atoms with E-state index in [9.17, 15) is 24.3 Å². The van der Waals surface area contributed by atoms with Crippen molar-refractivity contribution in [3.05, 3.63) is 52.8 Å². The van der Waals surface area contributed by atoms with Crippen molar-refractivity contribution >= 4 is 29.9 Å². The molecule has 3 amide bonds. The van der Waals surface area contributed by atoms with E-state index in [0.717, 1.165) is 0 Å². The fourth-order valence-corrected chi connectivity index (χ4v) is 5.01. The molecule has 0 bridgehead atoms. The second-order valence-corrected chi connectivity index (χ2v) is 15.4. The van der Waals surface area contributed by atoms with Crippen LogP contribution in [-0.2, 0) is 20.6 Å². The molecule has 0 aliphatic heterocycles. The number of aliphatic hydroxyl groups is 1. The van der Waals surface area contributed by atoms with Crippen molar-refractivity contribution in [3.8, 4) is 11.5 Å². The number of hydrogen-bond donors (Lipinski definition) is 1. The summed E-state index contributed by atoms with van der Waals surface area (Å²) >= 11 is 0. The van der Waals surface area contributed by atoms with E-state index in [4.69, 9.17) is 23.7 Å². The van der Waals surface area contributed by atoms with Crippen molar-refractivity contribution in [1.82, 2.24) is 4.90 Å². The monoisotopic (exact) mass is 732 g/mol. The molecule has 1 N–H and O–H groups in total. The molecule has 0 heterocycles. The molecule has 0 saturated carbocycles. The minimum atomic E-state index is -1.24. The Bertz CT molecular complexity index is 1510. The van der Waals surface area contributed by atoms with Crippen LogP contribution in [0.2, 0.25) is 0 Å². The van der Waals surface area contributed by atoms with Gasteiger partial charge in [0.1, 0.15) is 39.6 Å². The number of para-hydroxylation sites is 1. The number of esters is 1. The Morgan fingerprint density at radius 1 is 0.808 bits per heavy atom. The summed E-state index contributed by atoms with van der Waals surface area (Å²) in [5.41, 5.74) is -4.56. The highest BCUT2D eigenvalue weighted by molar-refractivity contribution is 6.13. The molecule has 0 fully saturated rings. The average Bonchev–Trinajstić information content (AvgIpc) is 3.00. The number of unbranched alkanes of at least 4 members (excludes halogenated alkanes) is 1. The summed E-state index contributed by atoms with van der Waals surface area (Å²) in [6.07, 6.45) is -2.08. The molecule has 0 spiro atoms. The smallest absolute Gasteiger partial charge is 0.424 e. The normalized spacial score (nSPS) is 12.4. The average molecular weight is 733 g/mol. The third kappa shape index (κ3) is 12.7. The quantitative estimate of drug-likeness (QED) is 0.0920. The van der Waals surface area contributed by atoms with Crippen molar-refractivity contribution in [2.24, 2.45) is 0 Å². The number of carbonyl (C=O) groups excluding carboxylic acids is 4. The van der Waals surface area contributed by atoms with Gasteiger partial charge in [-0.2, -0.15) is 4.90 Å². The van der Waals surface area contributed by atoms with Crippen molar-refractivity contribution in [2.45, 2.75) is 132 Å². The maximum absolute atomic E-state index is 17.2. The predicted molar refractivity (Wildman–Crippen MR) is 196 cm³/mol. The van der Waals surface area contributed by atoms with Crippen molar-refractivity contribution in [1.29, 1.82) is 0 Å². The lowest BCUT2D eigenvalue weighted by Gasteiger charge is -2.35. The van der Waals surface area contributed by atoms with E-state index >= 15 is 4.39 Å². The fourth-order valence-electron chi connectivity index (χ4n) is 5.01. The Labute approximate surface area is 307 Å². The zero-order chi connectivity index (χ0) is 39.6. The molecule has 2 rings (SSSR count). The SMILES string of the molecule is CCCCOc1c(C(=O)Oc2ccccc2)c(C)c(F)c(CC(CO)N(CCC)C(=O)OC(C)(C)C)c1N(C(=O)OC(C)(C)C)C(=O)OC(C)(C)C. The van der Waals surface area contributed by atoms with Gasteiger partial charge in [-0.25, -0.2) is 23.6 Å². The summed E-state index contributed by atoms with van der Waals surface area (Å²) in [6, 6.07) is 6.98. The molecule has 52 heavy (non-hydrogen) atoms. The van der Waals surface area contributed by atoms with Crippen molar-refractivity contribution in [2.75, 3.05) is 24.7 Å². The molecule has 2 aromatic carbocycles. The summed E-state index contributed by atoms with van der Waals surface area (Å²) in [7, 11) is 0. The van der Waals surface area contributed by atoms with Gasteiger partial charge in [-0.15, -0.1) is 0 Å². The summed E-state index contributed by atoms with van der Waals surface area (Å²) in [6.45, 7) is 19.1. The first-order chi connectivity index (χ1) is 24.0. The lowest BCUT2D eigenvalue weighted by atomic mass is 9.94. The second-order valence-electron chi connectivity index (χ2n) is 15.4. The molecule has 2 aromatic rings. The van der Waals surface area contributed by atoms with Gasteiger partial charge in [0.25, 0.3) is 0 Å². The van der Waals surface area contributed by atoms with Crippen LogP contribution in [0.25, 0.3) is 0 Å². The molecule has 0 radical (unpaired) electrons. The van der Waals surface area contributed by atoms with Gasteiger partial charge in [-0.1, -0.05) is 38.5 Å². The Hall–Kier alpha value is -4.39. The highest BCUT2D eigenvalue weighted by atomic mass is 19.1. The third-order valence-corrected chi connectivity index (χ3v) is 7.16. The maximum atomic E-state index is 17.2. The number of aliphatic hydroxyl groups excluding tert-OH is 1. The molecule has 1 unspecified atom stereocenters. The standard InChI is InChI=1S/C39H57FN2O10/c1-13-15-22-48-32-29(33(44)49-27-19-17-16-18-20-27)25(3)30(40)28(23-26(24-43)41(21-14-2)34(45)50-37(4,5)6)31(32)42(35(46)51-38(7,8)9)36(47)52-39(10,11)12/h16-20,26,43H,13-15,21-24H2,1-12H3. The number of anilines is 1. The highest BCUT2D eigenvalue weighted by Gasteiger charge is 2.41. The molecule has 0 aliphatic rings. The maximum Gasteiger partial charge on any atom is 0.424 e. The number of halogens is 1. The van der Waals surface area contributed by atoms with Gasteiger partial charge >= 0.3 is 24.2 Å². The van der Waals surface area contributed by atoms with Crippen LogP contribution < -0.4 is 14.4 Å². The number of hydrogen-bond acceptors (Lipinski definition) is 10. The summed E-state index contributed by atoms with van der Waals surface area (Å²) in [5.74, 6) is -2.21. The van der Waals surface area contributed by atoms with Crippen LogP contribution in [0, 0.1) is 12.7 Å². The predicted octanol–water partition coefficient (Wildman–Crippen LogP) is 8.76. The number of imide groups is 1. The number of nitrogens with zero attached hydrogens (tertiary/aromatic N) is 2. The van der Waals surface area contributed by atoms with E-state index in [-0.39, 0.29) is 41.3 Å². The van der Waals surface area contributed by atoms with Gasteiger partial charge in [-0.3, -0.25) is 0 Å². The summed E-state index contributed by atoms with van der Waals surface area (Å²) < 4.78 is 46.0. The number of rotatable bonds is 13. The van der Waals surface area contributed by atoms with E-state index < -0.39 is 71.6 Å². The summed E-state index contributed by atoms with van der Waals surface area (Å²) in [5, 5.41) is 10.7. The first-order valence-corrected chi connectivity index (χ1v) is 17.7. The number of benzene rings is 2. The first-order valence-electron chi connectivity index (χ1n) is 17.7. The van der Waals surface area contributed by atoms with Gasteiger partial charge in [0, 0.05) is 24.1 Å². The second kappa shape index (κ2) is 18.4. The van der Waals surface area contributed by atoms with Gasteiger partial charge in [0.15, 0.2) is 5.75 Å². The van der Waals surface area contributed by atoms with E-state index in [1.54, 1.807) is 80.5 Å². The molecule has 1 atom stereocenters. The molecule has 13 heteroatoms. The lowest BCUT2D eigenvalue weighted by molar-refractivity contribution is 0.00908. The van der Waals surface area contributed by atoms with Crippen molar-refractivity contribution < 1.29 is 52.4 Å². The van der Waals surface area contributed by atoms with Gasteiger partial charge in [-0.05, 0) is 94.2 Å². The minimum absolute atomic E-state index is 0.000592. The molecule has 290 valence electrons. The minimum Gasteiger partial charge on any atom is -0.490 e. The van der Waals surface area contributed by atoms with Gasteiger partial charge in [0.05, 0.1) is 19.3 Å². The van der Waals surface area contributed by atoms with Crippen LogP contribution in [0.1, 0.15) is 117 Å². The zero-order valence-electron chi connectivity index (χ0n) is 32.8. The molecule has 0 aliphatic carbocycles. The van der Waals surface area contributed by atoms with Crippen LogP contribution in [0.3, 0.4) is 0 Å². The van der Waals surface area contributed by atoms with Crippen LogP contribution in [0.5, 0.6) is 11.5 Å². The summed E-state index contributed by atoms with van der Waals surface area (Å²) in [4.78, 5) is 57.5. The lowest BCUT2D eigenvalue weighted by Crippen LogP contribution is -2.48. The molecule has 12 nitrogen and oxygen atoms in total. The Kier molecular flexibility index (Phi) is 15.5. The van der Waals surface area contributed by atoms with Crippen LogP contribution in [0.4, 0.5) is 24.5 Å².